The first-order valence-electron chi connectivity index (χ1n) is 4.72. The van der Waals surface area contributed by atoms with E-state index in [1.807, 2.05) is 25.1 Å². The van der Waals surface area contributed by atoms with Gasteiger partial charge >= 0.3 is 0 Å². The smallest absolute Gasteiger partial charge is 0.132 e. The Kier molecular flexibility index (Phi) is 4.82. The van der Waals surface area contributed by atoms with Crippen LogP contribution < -0.4 is 10.5 Å². The number of hydrogen-bond acceptors (Lipinski definition) is 3. The first-order chi connectivity index (χ1) is 7.10. The molecular weight excluding hydrogens is 305 g/mol. The Balaban J connectivity index is 2.95. The van der Waals surface area contributed by atoms with Gasteiger partial charge in [0, 0.05) is 7.11 Å². The minimum Gasteiger partial charge on any atom is -0.496 e. The van der Waals surface area contributed by atoms with Crippen LogP contribution in [0.1, 0.15) is 18.5 Å². The highest BCUT2D eigenvalue weighted by Gasteiger charge is 2.15. The maximum absolute atomic E-state index is 6.04. The van der Waals surface area contributed by atoms with E-state index in [-0.39, 0.29) is 12.1 Å². The molecule has 0 bridgehead atoms. The second kappa shape index (κ2) is 5.67. The molecule has 2 unspecified atom stereocenters. The molecule has 0 aliphatic heterocycles. The van der Waals surface area contributed by atoms with Crippen molar-refractivity contribution in [2.45, 2.75) is 19.1 Å². The van der Waals surface area contributed by atoms with Gasteiger partial charge in [0.05, 0.1) is 22.8 Å². The molecule has 2 atom stereocenters. The lowest BCUT2D eigenvalue weighted by atomic mass is 10.0. The second-order valence-corrected chi connectivity index (χ2v) is 4.52. The van der Waals surface area contributed by atoms with Crippen molar-refractivity contribution in [2.75, 3.05) is 14.2 Å². The van der Waals surface area contributed by atoms with Gasteiger partial charge in [-0.05, 0) is 47.2 Å². The monoisotopic (exact) mass is 321 g/mol. The van der Waals surface area contributed by atoms with Crippen LogP contribution in [0.25, 0.3) is 0 Å². The van der Waals surface area contributed by atoms with E-state index < -0.39 is 0 Å². The second-order valence-electron chi connectivity index (χ2n) is 3.36. The van der Waals surface area contributed by atoms with Crippen LogP contribution >= 0.6 is 22.6 Å². The Bertz CT molecular complexity index is 330. The summed E-state index contributed by atoms with van der Waals surface area (Å²) in [5.41, 5.74) is 7.07. The SMILES string of the molecule is COc1cc(C(N)C(C)OC)ccc1I. The van der Waals surface area contributed by atoms with Crippen LogP contribution in [-0.4, -0.2) is 20.3 Å². The maximum atomic E-state index is 6.04. The van der Waals surface area contributed by atoms with Crippen LogP contribution in [0.3, 0.4) is 0 Å². The van der Waals surface area contributed by atoms with Crippen molar-refractivity contribution in [3.63, 3.8) is 0 Å². The van der Waals surface area contributed by atoms with Gasteiger partial charge in [-0.2, -0.15) is 0 Å². The van der Waals surface area contributed by atoms with Gasteiger partial charge in [0.25, 0.3) is 0 Å². The van der Waals surface area contributed by atoms with Gasteiger partial charge in [-0.15, -0.1) is 0 Å². The molecule has 0 heterocycles. The number of nitrogens with two attached hydrogens (primary N) is 1. The van der Waals surface area contributed by atoms with Crippen LogP contribution in [0, 0.1) is 3.57 Å². The first kappa shape index (κ1) is 12.7. The van der Waals surface area contributed by atoms with Gasteiger partial charge in [0.2, 0.25) is 0 Å². The minimum atomic E-state index is -0.124. The molecule has 1 aromatic carbocycles. The van der Waals surface area contributed by atoms with E-state index in [4.69, 9.17) is 15.2 Å². The molecule has 4 heteroatoms. The van der Waals surface area contributed by atoms with Gasteiger partial charge in [0.1, 0.15) is 5.75 Å². The highest BCUT2D eigenvalue weighted by Crippen LogP contribution is 2.26. The number of benzene rings is 1. The standard InChI is InChI=1S/C11H16INO2/c1-7(14-2)11(13)8-4-5-9(12)10(6-8)15-3/h4-7,11H,13H2,1-3H3. The third kappa shape index (κ3) is 3.06. The summed E-state index contributed by atoms with van der Waals surface area (Å²) in [4.78, 5) is 0. The Labute approximate surface area is 104 Å². The van der Waals surface area contributed by atoms with Crippen molar-refractivity contribution in [3.8, 4) is 5.75 Å². The van der Waals surface area contributed by atoms with Crippen molar-refractivity contribution in [1.29, 1.82) is 0 Å². The summed E-state index contributed by atoms with van der Waals surface area (Å²) in [5.74, 6) is 0.854. The molecule has 84 valence electrons. The van der Waals surface area contributed by atoms with Crippen molar-refractivity contribution in [3.05, 3.63) is 27.3 Å². The lowest BCUT2D eigenvalue weighted by molar-refractivity contribution is 0.0956. The van der Waals surface area contributed by atoms with Crippen LogP contribution in [0.2, 0.25) is 0 Å². The molecular formula is C11H16INO2. The molecule has 2 N–H and O–H groups in total. The number of hydrogen-bond donors (Lipinski definition) is 1. The molecule has 0 aliphatic rings. The molecule has 0 spiro atoms. The minimum absolute atomic E-state index is 0.00485. The Hall–Kier alpha value is -0.330. The molecule has 0 radical (unpaired) electrons. The Morgan fingerprint density at radius 2 is 2.00 bits per heavy atom. The van der Waals surface area contributed by atoms with Crippen LogP contribution in [0.5, 0.6) is 5.75 Å². The molecule has 0 aromatic heterocycles. The zero-order valence-electron chi connectivity index (χ0n) is 9.16. The van der Waals surface area contributed by atoms with E-state index in [1.165, 1.54) is 0 Å². The van der Waals surface area contributed by atoms with E-state index in [1.54, 1.807) is 14.2 Å². The summed E-state index contributed by atoms with van der Waals surface area (Å²) in [6.07, 6.45) is -0.00485. The van der Waals surface area contributed by atoms with E-state index in [0.29, 0.717) is 0 Å². The van der Waals surface area contributed by atoms with Crippen molar-refractivity contribution in [1.82, 2.24) is 0 Å². The van der Waals surface area contributed by atoms with Gasteiger partial charge in [-0.1, -0.05) is 6.07 Å². The number of ether oxygens (including phenoxy) is 2. The Morgan fingerprint density at radius 3 is 2.53 bits per heavy atom. The molecule has 0 aliphatic carbocycles. The lowest BCUT2D eigenvalue weighted by Gasteiger charge is -2.19. The summed E-state index contributed by atoms with van der Waals surface area (Å²) in [6, 6.07) is 5.84. The highest BCUT2D eigenvalue weighted by molar-refractivity contribution is 14.1. The van der Waals surface area contributed by atoms with E-state index >= 15 is 0 Å². The van der Waals surface area contributed by atoms with Gasteiger partial charge in [-0.25, -0.2) is 0 Å². The normalized spacial score (nSPS) is 14.7. The van der Waals surface area contributed by atoms with E-state index in [9.17, 15) is 0 Å². The molecule has 1 rings (SSSR count). The largest absolute Gasteiger partial charge is 0.496 e. The van der Waals surface area contributed by atoms with Crippen molar-refractivity contribution in [2.24, 2.45) is 5.73 Å². The van der Waals surface area contributed by atoms with Crippen molar-refractivity contribution < 1.29 is 9.47 Å². The molecule has 15 heavy (non-hydrogen) atoms. The fourth-order valence-corrected chi connectivity index (χ4v) is 1.86. The zero-order chi connectivity index (χ0) is 11.4. The fourth-order valence-electron chi connectivity index (χ4n) is 1.30. The van der Waals surface area contributed by atoms with Gasteiger partial charge in [-0.3, -0.25) is 0 Å². The molecule has 3 nitrogen and oxygen atoms in total. The number of halogens is 1. The van der Waals surface area contributed by atoms with Gasteiger partial charge in [0.15, 0.2) is 0 Å². The predicted molar refractivity (Wildman–Crippen MR) is 69.1 cm³/mol. The lowest BCUT2D eigenvalue weighted by Crippen LogP contribution is -2.25. The predicted octanol–water partition coefficient (Wildman–Crippen LogP) is 2.33. The molecule has 0 amide bonds. The molecule has 0 fully saturated rings. The number of methoxy groups -OCH3 is 2. The van der Waals surface area contributed by atoms with E-state index in [2.05, 4.69) is 22.6 Å². The average molecular weight is 321 g/mol. The van der Waals surface area contributed by atoms with Crippen LogP contribution in [0.4, 0.5) is 0 Å². The molecule has 0 saturated carbocycles. The third-order valence-electron chi connectivity index (χ3n) is 2.44. The zero-order valence-corrected chi connectivity index (χ0v) is 11.3. The molecule has 0 saturated heterocycles. The highest BCUT2D eigenvalue weighted by atomic mass is 127. The fraction of sp³-hybridized carbons (Fsp3) is 0.455. The first-order valence-corrected chi connectivity index (χ1v) is 5.79. The van der Waals surface area contributed by atoms with Crippen LogP contribution in [0.15, 0.2) is 18.2 Å². The van der Waals surface area contributed by atoms with E-state index in [0.717, 1.165) is 14.9 Å². The van der Waals surface area contributed by atoms with Crippen molar-refractivity contribution >= 4 is 22.6 Å². The van der Waals surface area contributed by atoms with Gasteiger partial charge < -0.3 is 15.2 Å². The van der Waals surface area contributed by atoms with Crippen LogP contribution in [-0.2, 0) is 4.74 Å². The topological polar surface area (TPSA) is 44.5 Å². The number of rotatable bonds is 4. The Morgan fingerprint density at radius 1 is 1.33 bits per heavy atom. The quantitative estimate of drug-likeness (QED) is 0.866. The maximum Gasteiger partial charge on any atom is 0.132 e. The average Bonchev–Trinajstić information content (AvgIpc) is 2.27. The summed E-state index contributed by atoms with van der Waals surface area (Å²) in [5, 5.41) is 0. The summed E-state index contributed by atoms with van der Waals surface area (Å²) in [6.45, 7) is 1.95. The molecule has 1 aromatic rings. The summed E-state index contributed by atoms with van der Waals surface area (Å²) < 4.78 is 11.5. The third-order valence-corrected chi connectivity index (χ3v) is 3.33. The summed E-state index contributed by atoms with van der Waals surface area (Å²) >= 11 is 2.23. The summed E-state index contributed by atoms with van der Waals surface area (Å²) in [7, 11) is 3.32.